The van der Waals surface area contributed by atoms with Crippen molar-refractivity contribution in [2.24, 2.45) is 0 Å². The number of anilines is 1. The van der Waals surface area contributed by atoms with E-state index in [1.807, 2.05) is 30.3 Å². The largest absolute Gasteiger partial charge is 0.458 e. The van der Waals surface area contributed by atoms with Crippen LogP contribution >= 0.6 is 0 Å². The zero-order chi connectivity index (χ0) is 14.4. The molecule has 1 atom stereocenters. The molecular weight excluding hydrogens is 254 g/mol. The molecule has 20 heavy (non-hydrogen) atoms. The number of nitrogens with zero attached hydrogens (tertiary/aromatic N) is 1. The fraction of sp³-hybridized carbons (Fsp3) is 0.375. The summed E-state index contributed by atoms with van der Waals surface area (Å²) in [5.74, 6) is -0.229. The first kappa shape index (κ1) is 14.3. The average molecular weight is 273 g/mol. The standard InChI is InChI=1S/C16H19NO3/c1-13(18)20-15-9-5-6-10-16(19)17(12-11-15)14-7-3-2-4-8-14/h2-4,7-8,11-12,15H,5-6,9-10H2,1H3. The van der Waals surface area contributed by atoms with Gasteiger partial charge in [-0.2, -0.15) is 0 Å². The van der Waals surface area contributed by atoms with Crippen LogP contribution < -0.4 is 4.90 Å². The van der Waals surface area contributed by atoms with Gasteiger partial charge in [-0.1, -0.05) is 18.2 Å². The predicted molar refractivity (Wildman–Crippen MR) is 77.1 cm³/mol. The Bertz CT molecular complexity index is 496. The van der Waals surface area contributed by atoms with Crippen molar-refractivity contribution in [1.29, 1.82) is 0 Å². The van der Waals surface area contributed by atoms with E-state index in [1.165, 1.54) is 6.92 Å². The number of benzene rings is 1. The van der Waals surface area contributed by atoms with Gasteiger partial charge in [-0.05, 0) is 37.5 Å². The van der Waals surface area contributed by atoms with Crippen LogP contribution in [-0.2, 0) is 14.3 Å². The Labute approximate surface area is 119 Å². The van der Waals surface area contributed by atoms with E-state index in [1.54, 1.807) is 17.2 Å². The van der Waals surface area contributed by atoms with Gasteiger partial charge >= 0.3 is 5.97 Å². The van der Waals surface area contributed by atoms with Crippen molar-refractivity contribution in [3.05, 3.63) is 42.6 Å². The normalized spacial score (nSPS) is 19.9. The van der Waals surface area contributed by atoms with Crippen LogP contribution in [0.25, 0.3) is 0 Å². The van der Waals surface area contributed by atoms with Crippen LogP contribution in [0.1, 0.15) is 32.6 Å². The average Bonchev–Trinajstić information content (AvgIpc) is 2.51. The van der Waals surface area contributed by atoms with Crippen molar-refractivity contribution in [3.63, 3.8) is 0 Å². The molecule has 2 rings (SSSR count). The second kappa shape index (κ2) is 6.89. The van der Waals surface area contributed by atoms with Crippen molar-refractivity contribution < 1.29 is 14.3 Å². The number of rotatable bonds is 2. The zero-order valence-corrected chi connectivity index (χ0v) is 11.6. The van der Waals surface area contributed by atoms with E-state index in [0.29, 0.717) is 6.42 Å². The van der Waals surface area contributed by atoms with E-state index >= 15 is 0 Å². The van der Waals surface area contributed by atoms with Crippen LogP contribution in [0.5, 0.6) is 0 Å². The van der Waals surface area contributed by atoms with Crippen molar-refractivity contribution in [3.8, 4) is 0 Å². The summed E-state index contributed by atoms with van der Waals surface area (Å²) in [6.07, 6.45) is 6.19. The topological polar surface area (TPSA) is 46.6 Å². The molecule has 0 aromatic heterocycles. The molecule has 1 amide bonds. The lowest BCUT2D eigenvalue weighted by Crippen LogP contribution is -2.25. The van der Waals surface area contributed by atoms with Gasteiger partial charge in [0, 0.05) is 25.2 Å². The first-order valence-electron chi connectivity index (χ1n) is 6.89. The van der Waals surface area contributed by atoms with Crippen LogP contribution in [0.2, 0.25) is 0 Å². The van der Waals surface area contributed by atoms with Crippen molar-refractivity contribution >= 4 is 17.6 Å². The first-order chi connectivity index (χ1) is 9.66. The Balaban J connectivity index is 2.21. The molecule has 0 saturated carbocycles. The summed E-state index contributed by atoms with van der Waals surface area (Å²) in [4.78, 5) is 24.9. The van der Waals surface area contributed by atoms with E-state index in [9.17, 15) is 9.59 Å². The lowest BCUT2D eigenvalue weighted by molar-refractivity contribution is -0.144. The molecular formula is C16H19NO3. The summed E-state index contributed by atoms with van der Waals surface area (Å²) in [5.41, 5.74) is 0.831. The minimum Gasteiger partial charge on any atom is -0.458 e. The highest BCUT2D eigenvalue weighted by molar-refractivity contribution is 5.95. The molecule has 0 spiro atoms. The molecule has 4 nitrogen and oxygen atoms in total. The minimum absolute atomic E-state index is 0.0657. The maximum Gasteiger partial charge on any atom is 0.303 e. The van der Waals surface area contributed by atoms with Gasteiger partial charge < -0.3 is 4.74 Å². The molecule has 0 saturated heterocycles. The Hall–Kier alpha value is -2.10. The minimum atomic E-state index is -0.295. The van der Waals surface area contributed by atoms with Gasteiger partial charge in [0.25, 0.3) is 0 Å². The van der Waals surface area contributed by atoms with Crippen LogP contribution in [0.3, 0.4) is 0 Å². The van der Waals surface area contributed by atoms with E-state index in [2.05, 4.69) is 0 Å². The molecule has 1 aromatic carbocycles. The number of hydrogen-bond acceptors (Lipinski definition) is 3. The summed E-state index contributed by atoms with van der Waals surface area (Å²) < 4.78 is 5.24. The van der Waals surface area contributed by atoms with Crippen molar-refractivity contribution in [1.82, 2.24) is 0 Å². The lowest BCUT2D eigenvalue weighted by Gasteiger charge is -2.18. The smallest absolute Gasteiger partial charge is 0.303 e. The van der Waals surface area contributed by atoms with Gasteiger partial charge in [-0.3, -0.25) is 14.5 Å². The molecule has 106 valence electrons. The number of esters is 1. The highest BCUT2D eigenvalue weighted by Gasteiger charge is 2.17. The lowest BCUT2D eigenvalue weighted by atomic mass is 10.1. The predicted octanol–water partition coefficient (Wildman–Crippen LogP) is 3.04. The summed E-state index contributed by atoms with van der Waals surface area (Å²) in [6, 6.07) is 9.48. The fourth-order valence-electron chi connectivity index (χ4n) is 2.23. The van der Waals surface area contributed by atoms with Crippen LogP contribution in [0, 0.1) is 0 Å². The molecule has 1 aromatic rings. The molecule has 0 aliphatic carbocycles. The molecule has 1 unspecified atom stereocenters. The third kappa shape index (κ3) is 3.95. The second-order valence-corrected chi connectivity index (χ2v) is 4.83. The van der Waals surface area contributed by atoms with Crippen molar-refractivity contribution in [2.75, 3.05) is 4.90 Å². The summed E-state index contributed by atoms with van der Waals surface area (Å²) in [7, 11) is 0. The Morgan fingerprint density at radius 1 is 1.25 bits per heavy atom. The first-order valence-corrected chi connectivity index (χ1v) is 6.89. The number of hydrogen-bond donors (Lipinski definition) is 0. The maximum atomic E-state index is 12.2. The molecule has 1 aliphatic heterocycles. The monoisotopic (exact) mass is 273 g/mol. The summed E-state index contributed by atoms with van der Waals surface area (Å²) >= 11 is 0. The second-order valence-electron chi connectivity index (χ2n) is 4.83. The third-order valence-corrected chi connectivity index (χ3v) is 3.20. The number of ether oxygens (including phenoxy) is 1. The molecule has 0 bridgehead atoms. The van der Waals surface area contributed by atoms with E-state index in [4.69, 9.17) is 4.74 Å². The van der Waals surface area contributed by atoms with Gasteiger partial charge in [0.15, 0.2) is 0 Å². The molecule has 1 aliphatic rings. The summed E-state index contributed by atoms with van der Waals surface area (Å²) in [5, 5.41) is 0. The number of carbonyl (C=O) groups excluding carboxylic acids is 2. The van der Waals surface area contributed by atoms with Crippen molar-refractivity contribution in [2.45, 2.75) is 38.7 Å². The third-order valence-electron chi connectivity index (χ3n) is 3.20. The molecule has 0 radical (unpaired) electrons. The van der Waals surface area contributed by atoms with Gasteiger partial charge in [0.1, 0.15) is 6.10 Å². The zero-order valence-electron chi connectivity index (χ0n) is 11.6. The molecule has 0 fully saturated rings. The quantitative estimate of drug-likeness (QED) is 0.778. The van der Waals surface area contributed by atoms with Crippen LogP contribution in [0.15, 0.2) is 42.6 Å². The molecule has 4 heteroatoms. The Morgan fingerprint density at radius 2 is 2.00 bits per heavy atom. The fourth-order valence-corrected chi connectivity index (χ4v) is 2.23. The maximum absolute atomic E-state index is 12.2. The number of carbonyl (C=O) groups is 2. The highest BCUT2D eigenvalue weighted by Crippen LogP contribution is 2.19. The van der Waals surface area contributed by atoms with E-state index in [-0.39, 0.29) is 18.0 Å². The summed E-state index contributed by atoms with van der Waals surface area (Å²) in [6.45, 7) is 1.40. The SMILES string of the molecule is CC(=O)OC1C=CN(c2ccccc2)C(=O)CCCC1. The van der Waals surface area contributed by atoms with Crippen LogP contribution in [0.4, 0.5) is 5.69 Å². The van der Waals surface area contributed by atoms with E-state index < -0.39 is 0 Å². The van der Waals surface area contributed by atoms with Gasteiger partial charge in [0.2, 0.25) is 5.91 Å². The highest BCUT2D eigenvalue weighted by atomic mass is 16.5. The Kier molecular flexibility index (Phi) is 4.93. The van der Waals surface area contributed by atoms with Gasteiger partial charge in [0.05, 0.1) is 0 Å². The van der Waals surface area contributed by atoms with E-state index in [0.717, 1.165) is 24.9 Å². The Morgan fingerprint density at radius 3 is 2.70 bits per heavy atom. The van der Waals surface area contributed by atoms with Crippen LogP contribution in [-0.4, -0.2) is 18.0 Å². The number of amides is 1. The molecule has 1 heterocycles. The van der Waals surface area contributed by atoms with Gasteiger partial charge in [-0.25, -0.2) is 0 Å². The number of para-hydroxylation sites is 1. The molecule has 0 N–H and O–H groups in total. The van der Waals surface area contributed by atoms with Gasteiger partial charge in [-0.15, -0.1) is 0 Å².